The second-order valence-electron chi connectivity index (χ2n) is 3.43. The third-order valence-electron chi connectivity index (χ3n) is 2.11. The van der Waals surface area contributed by atoms with Gasteiger partial charge >= 0.3 is 0 Å². The summed E-state index contributed by atoms with van der Waals surface area (Å²) in [4.78, 5) is 6.42. The fraction of sp³-hybridized carbons (Fsp3) is 0.273. The molecular weight excluding hydrogens is 256 g/mol. The average molecular weight is 268 g/mol. The van der Waals surface area contributed by atoms with Gasteiger partial charge in [0.25, 0.3) is 0 Å². The highest BCUT2D eigenvalue weighted by Gasteiger charge is 2.20. The SMILES string of the molecule is CC1Sc2ccccc2N=C1SCC(N)=S. The van der Waals surface area contributed by atoms with Crippen LogP contribution in [0.2, 0.25) is 0 Å². The van der Waals surface area contributed by atoms with Crippen LogP contribution in [0.4, 0.5) is 5.69 Å². The molecule has 2 rings (SSSR count). The summed E-state index contributed by atoms with van der Waals surface area (Å²) in [5, 5.41) is 1.49. The number of hydrogen-bond donors (Lipinski definition) is 1. The van der Waals surface area contributed by atoms with Gasteiger partial charge in [0.1, 0.15) is 0 Å². The third kappa shape index (κ3) is 2.78. The van der Waals surface area contributed by atoms with Crippen LogP contribution >= 0.6 is 35.7 Å². The zero-order valence-electron chi connectivity index (χ0n) is 8.84. The summed E-state index contributed by atoms with van der Waals surface area (Å²) in [6.07, 6.45) is 0. The van der Waals surface area contributed by atoms with Crippen LogP contribution in [0.5, 0.6) is 0 Å². The van der Waals surface area contributed by atoms with Crippen LogP contribution in [0.25, 0.3) is 0 Å². The Morgan fingerprint density at radius 2 is 2.31 bits per heavy atom. The summed E-state index contributed by atoms with van der Waals surface area (Å²) in [6.45, 7) is 2.16. The Hall–Kier alpha value is -0.520. The first kappa shape index (κ1) is 12.0. The highest BCUT2D eigenvalue weighted by molar-refractivity contribution is 8.17. The Bertz CT molecular complexity index is 443. The molecule has 1 heterocycles. The molecule has 0 amide bonds. The van der Waals surface area contributed by atoms with Crippen molar-refractivity contribution in [3.8, 4) is 0 Å². The van der Waals surface area contributed by atoms with Gasteiger partial charge in [-0.3, -0.25) is 0 Å². The maximum absolute atomic E-state index is 5.50. The van der Waals surface area contributed by atoms with Crippen LogP contribution in [0, 0.1) is 0 Å². The molecule has 1 aromatic rings. The molecule has 0 fully saturated rings. The van der Waals surface area contributed by atoms with Crippen molar-refractivity contribution in [1.29, 1.82) is 0 Å². The Morgan fingerprint density at radius 3 is 3.06 bits per heavy atom. The molecule has 2 nitrogen and oxygen atoms in total. The number of aliphatic imine (C=N–C) groups is 1. The standard InChI is InChI=1S/C11H12N2S3/c1-7-11(15-6-10(12)14)13-8-4-2-3-5-9(8)16-7/h2-5,7H,6H2,1H3,(H2,12,14). The predicted octanol–water partition coefficient (Wildman–Crippen LogP) is 3.23. The maximum Gasteiger partial charge on any atom is 0.0874 e. The lowest BCUT2D eigenvalue weighted by atomic mass is 10.3. The van der Waals surface area contributed by atoms with Crippen LogP contribution in [0.3, 0.4) is 0 Å². The van der Waals surface area contributed by atoms with E-state index >= 15 is 0 Å². The van der Waals surface area contributed by atoms with Crippen LogP contribution in [-0.2, 0) is 0 Å². The van der Waals surface area contributed by atoms with E-state index in [9.17, 15) is 0 Å². The first-order valence-corrected chi connectivity index (χ1v) is 7.19. The Kier molecular flexibility index (Phi) is 3.89. The van der Waals surface area contributed by atoms with Gasteiger partial charge in [0.05, 0.1) is 21.0 Å². The molecule has 2 N–H and O–H groups in total. The molecule has 0 aliphatic carbocycles. The summed E-state index contributed by atoms with van der Waals surface area (Å²) in [5.41, 5.74) is 6.55. The number of thioether (sulfide) groups is 2. The molecule has 1 aliphatic heterocycles. The number of benzene rings is 1. The molecule has 0 bridgehead atoms. The van der Waals surface area contributed by atoms with Crippen LogP contribution in [0.1, 0.15) is 6.92 Å². The molecule has 1 aliphatic rings. The molecule has 0 saturated carbocycles. The molecule has 84 valence electrons. The summed E-state index contributed by atoms with van der Waals surface area (Å²) >= 11 is 8.35. The Labute approximate surface area is 109 Å². The molecule has 16 heavy (non-hydrogen) atoms. The lowest BCUT2D eigenvalue weighted by molar-refractivity contribution is 1.25. The summed E-state index contributed by atoms with van der Waals surface area (Å²) < 4.78 is 0. The van der Waals surface area contributed by atoms with E-state index in [4.69, 9.17) is 18.0 Å². The largest absolute Gasteiger partial charge is 0.393 e. The molecule has 0 radical (unpaired) electrons. The lowest BCUT2D eigenvalue weighted by Crippen LogP contribution is -2.17. The first-order valence-electron chi connectivity index (χ1n) is 4.92. The zero-order chi connectivity index (χ0) is 11.5. The summed E-state index contributed by atoms with van der Waals surface area (Å²) in [5.74, 6) is 0.668. The van der Waals surface area contributed by atoms with E-state index in [-0.39, 0.29) is 0 Å². The van der Waals surface area contributed by atoms with E-state index in [2.05, 4.69) is 18.0 Å². The summed E-state index contributed by atoms with van der Waals surface area (Å²) in [7, 11) is 0. The van der Waals surface area contributed by atoms with Gasteiger partial charge in [-0.15, -0.1) is 23.5 Å². The minimum absolute atomic E-state index is 0.384. The van der Waals surface area contributed by atoms with Gasteiger partial charge in [0, 0.05) is 10.6 Å². The first-order chi connectivity index (χ1) is 7.66. The summed E-state index contributed by atoms with van der Waals surface area (Å²) in [6, 6.07) is 8.19. The van der Waals surface area contributed by atoms with Gasteiger partial charge in [0.2, 0.25) is 0 Å². The van der Waals surface area contributed by atoms with E-state index in [0.29, 0.717) is 16.0 Å². The number of hydrogen-bond acceptors (Lipinski definition) is 4. The fourth-order valence-electron chi connectivity index (χ4n) is 1.39. The molecule has 5 heteroatoms. The third-order valence-corrected chi connectivity index (χ3v) is 4.96. The van der Waals surface area contributed by atoms with Crippen molar-refractivity contribution in [3.63, 3.8) is 0 Å². The highest BCUT2D eigenvalue weighted by atomic mass is 32.2. The van der Waals surface area contributed by atoms with Gasteiger partial charge in [-0.1, -0.05) is 24.4 Å². The minimum Gasteiger partial charge on any atom is -0.393 e. The van der Waals surface area contributed by atoms with Gasteiger partial charge in [0.15, 0.2) is 0 Å². The number of fused-ring (bicyclic) bond motifs is 1. The van der Waals surface area contributed by atoms with Gasteiger partial charge in [-0.2, -0.15) is 0 Å². The van der Waals surface area contributed by atoms with Crippen LogP contribution < -0.4 is 5.73 Å². The molecule has 0 aromatic heterocycles. The number of thiocarbonyl (C=S) groups is 1. The van der Waals surface area contributed by atoms with Gasteiger partial charge < -0.3 is 5.73 Å². The molecule has 0 saturated heterocycles. The van der Waals surface area contributed by atoms with E-state index in [1.165, 1.54) is 4.90 Å². The second kappa shape index (κ2) is 5.21. The van der Waals surface area contributed by atoms with E-state index in [1.807, 2.05) is 30.0 Å². The van der Waals surface area contributed by atoms with Crippen molar-refractivity contribution < 1.29 is 0 Å². The monoisotopic (exact) mass is 268 g/mol. The second-order valence-corrected chi connectivity index (χ2v) is 6.34. The maximum atomic E-state index is 5.50. The number of para-hydroxylation sites is 1. The Morgan fingerprint density at radius 1 is 1.56 bits per heavy atom. The Balaban J connectivity index is 2.20. The van der Waals surface area contributed by atoms with Crippen molar-refractivity contribution in [2.24, 2.45) is 10.7 Å². The molecular formula is C11H12N2S3. The molecule has 1 unspecified atom stereocenters. The molecule has 1 atom stereocenters. The van der Waals surface area contributed by atoms with E-state index in [1.54, 1.807) is 11.8 Å². The minimum atomic E-state index is 0.384. The fourth-order valence-corrected chi connectivity index (χ4v) is 3.53. The predicted molar refractivity (Wildman–Crippen MR) is 78.1 cm³/mol. The smallest absolute Gasteiger partial charge is 0.0874 e. The van der Waals surface area contributed by atoms with Crippen LogP contribution in [0.15, 0.2) is 34.2 Å². The van der Waals surface area contributed by atoms with Crippen molar-refractivity contribution in [2.75, 3.05) is 5.75 Å². The van der Waals surface area contributed by atoms with Crippen molar-refractivity contribution in [3.05, 3.63) is 24.3 Å². The number of rotatable bonds is 2. The molecule has 1 aromatic carbocycles. The van der Waals surface area contributed by atoms with Crippen molar-refractivity contribution in [2.45, 2.75) is 17.1 Å². The number of nitrogens with zero attached hydrogens (tertiary/aromatic N) is 1. The van der Waals surface area contributed by atoms with Crippen molar-refractivity contribution >= 4 is 51.5 Å². The zero-order valence-corrected chi connectivity index (χ0v) is 11.3. The van der Waals surface area contributed by atoms with Gasteiger partial charge in [-0.25, -0.2) is 4.99 Å². The normalized spacial score (nSPS) is 18.8. The average Bonchev–Trinajstić information content (AvgIpc) is 2.26. The van der Waals surface area contributed by atoms with E-state index in [0.717, 1.165) is 10.7 Å². The number of nitrogens with two attached hydrogens (primary N) is 1. The van der Waals surface area contributed by atoms with E-state index < -0.39 is 0 Å². The van der Waals surface area contributed by atoms with Crippen LogP contribution in [-0.4, -0.2) is 21.0 Å². The van der Waals surface area contributed by atoms with Gasteiger partial charge in [-0.05, 0) is 19.1 Å². The molecule has 0 spiro atoms. The highest BCUT2D eigenvalue weighted by Crippen LogP contribution is 2.39. The lowest BCUT2D eigenvalue weighted by Gasteiger charge is -2.20. The quantitative estimate of drug-likeness (QED) is 0.836. The van der Waals surface area contributed by atoms with Crippen molar-refractivity contribution in [1.82, 2.24) is 0 Å². The topological polar surface area (TPSA) is 38.4 Å².